The van der Waals surface area contributed by atoms with E-state index >= 15 is 0 Å². The van der Waals surface area contributed by atoms with Gasteiger partial charge in [-0.2, -0.15) is 5.10 Å². The smallest absolute Gasteiger partial charge is 0.273 e. The zero-order valence-corrected chi connectivity index (χ0v) is 11.6. The van der Waals surface area contributed by atoms with Crippen molar-refractivity contribution in [1.82, 2.24) is 14.7 Å². The van der Waals surface area contributed by atoms with Crippen molar-refractivity contribution in [2.75, 3.05) is 19.8 Å². The Hall–Kier alpha value is -2.63. The second-order valence-electron chi connectivity index (χ2n) is 4.67. The highest BCUT2D eigenvalue weighted by Gasteiger charge is 2.13. The van der Waals surface area contributed by atoms with E-state index in [0.29, 0.717) is 22.6 Å². The molecule has 0 aliphatic carbocycles. The molecule has 0 unspecified atom stereocenters. The molecule has 1 amide bonds. The van der Waals surface area contributed by atoms with E-state index in [0.717, 1.165) is 0 Å². The first-order valence-corrected chi connectivity index (χ1v) is 6.08. The van der Waals surface area contributed by atoms with Gasteiger partial charge in [0.25, 0.3) is 5.91 Å². The molecular formula is C14H16N4O2. The Kier molecular flexibility index (Phi) is 3.56. The number of nitrogen functional groups attached to an aromatic ring is 1. The van der Waals surface area contributed by atoms with Crippen LogP contribution in [0.5, 0.6) is 0 Å². The van der Waals surface area contributed by atoms with Crippen molar-refractivity contribution in [1.29, 1.82) is 0 Å². The molecule has 6 heteroatoms. The van der Waals surface area contributed by atoms with E-state index in [1.54, 1.807) is 49.2 Å². The summed E-state index contributed by atoms with van der Waals surface area (Å²) in [5, 5.41) is 4.21. The van der Waals surface area contributed by atoms with E-state index in [2.05, 4.69) is 5.10 Å². The van der Waals surface area contributed by atoms with Crippen LogP contribution in [-0.2, 0) is 0 Å². The van der Waals surface area contributed by atoms with Crippen LogP contribution in [0, 0.1) is 0 Å². The Morgan fingerprint density at radius 1 is 1.25 bits per heavy atom. The number of ketones is 1. The molecule has 0 saturated heterocycles. The van der Waals surface area contributed by atoms with Gasteiger partial charge in [0.1, 0.15) is 0 Å². The molecule has 0 aliphatic rings. The molecule has 0 spiro atoms. The SMILES string of the molecule is CC(=O)c1cc(-n2ccc(C(=O)N(C)C)n2)ccc1N. The quantitative estimate of drug-likeness (QED) is 0.675. The second kappa shape index (κ2) is 5.16. The predicted molar refractivity (Wildman–Crippen MR) is 76.0 cm³/mol. The van der Waals surface area contributed by atoms with Gasteiger partial charge in [-0.15, -0.1) is 0 Å². The van der Waals surface area contributed by atoms with Crippen LogP contribution < -0.4 is 5.73 Å². The molecule has 2 N–H and O–H groups in total. The van der Waals surface area contributed by atoms with Crippen LogP contribution in [0.15, 0.2) is 30.5 Å². The van der Waals surface area contributed by atoms with E-state index in [1.807, 2.05) is 0 Å². The first-order valence-electron chi connectivity index (χ1n) is 6.08. The Balaban J connectivity index is 2.40. The van der Waals surface area contributed by atoms with Crippen molar-refractivity contribution in [3.63, 3.8) is 0 Å². The minimum absolute atomic E-state index is 0.110. The number of carbonyl (C=O) groups excluding carboxylic acids is 2. The summed E-state index contributed by atoms with van der Waals surface area (Å²) < 4.78 is 1.54. The highest BCUT2D eigenvalue weighted by Crippen LogP contribution is 2.17. The van der Waals surface area contributed by atoms with Crippen molar-refractivity contribution < 1.29 is 9.59 Å². The molecule has 104 valence electrons. The third kappa shape index (κ3) is 2.54. The van der Waals surface area contributed by atoms with Gasteiger partial charge in [0.2, 0.25) is 0 Å². The number of nitrogens with two attached hydrogens (primary N) is 1. The predicted octanol–water partition coefficient (Wildman–Crippen LogP) is 1.36. The Morgan fingerprint density at radius 2 is 1.95 bits per heavy atom. The number of benzene rings is 1. The van der Waals surface area contributed by atoms with Crippen molar-refractivity contribution in [2.45, 2.75) is 6.92 Å². The Bertz CT molecular complexity index is 674. The summed E-state index contributed by atoms with van der Waals surface area (Å²) in [6, 6.07) is 6.70. The van der Waals surface area contributed by atoms with Gasteiger partial charge in [0.15, 0.2) is 11.5 Å². The van der Waals surface area contributed by atoms with Crippen molar-refractivity contribution in [2.24, 2.45) is 0 Å². The first-order chi connectivity index (χ1) is 9.40. The highest BCUT2D eigenvalue weighted by molar-refractivity contribution is 5.99. The molecule has 1 aromatic heterocycles. The average molecular weight is 272 g/mol. The molecule has 0 saturated carbocycles. The molecule has 6 nitrogen and oxygen atoms in total. The lowest BCUT2D eigenvalue weighted by Gasteiger charge is -2.08. The third-order valence-electron chi connectivity index (χ3n) is 2.90. The normalized spacial score (nSPS) is 10.3. The maximum absolute atomic E-state index is 11.8. The number of anilines is 1. The molecule has 0 atom stereocenters. The summed E-state index contributed by atoms with van der Waals surface area (Å²) in [5.41, 5.74) is 7.65. The van der Waals surface area contributed by atoms with Gasteiger partial charge >= 0.3 is 0 Å². The lowest BCUT2D eigenvalue weighted by molar-refractivity contribution is 0.0821. The fraction of sp³-hybridized carbons (Fsp3) is 0.214. The first kappa shape index (κ1) is 13.8. The second-order valence-corrected chi connectivity index (χ2v) is 4.67. The summed E-state index contributed by atoms with van der Waals surface area (Å²) in [5.74, 6) is -0.285. The van der Waals surface area contributed by atoms with Gasteiger partial charge < -0.3 is 10.6 Å². The van der Waals surface area contributed by atoms with Crippen LogP contribution in [0.4, 0.5) is 5.69 Å². The topological polar surface area (TPSA) is 81.2 Å². The molecule has 2 aromatic rings. The number of nitrogens with zero attached hydrogens (tertiary/aromatic N) is 3. The van der Waals surface area contributed by atoms with Gasteiger partial charge in [0, 0.05) is 31.5 Å². The van der Waals surface area contributed by atoms with E-state index < -0.39 is 0 Å². The van der Waals surface area contributed by atoms with Gasteiger partial charge in [-0.25, -0.2) is 4.68 Å². The number of hydrogen-bond acceptors (Lipinski definition) is 4. The minimum atomic E-state index is -0.175. The van der Waals surface area contributed by atoms with Crippen LogP contribution in [0.25, 0.3) is 5.69 Å². The molecular weight excluding hydrogens is 256 g/mol. The van der Waals surface area contributed by atoms with Crippen LogP contribution >= 0.6 is 0 Å². The van der Waals surface area contributed by atoms with Crippen LogP contribution in [0.1, 0.15) is 27.8 Å². The molecule has 1 aromatic carbocycles. The van der Waals surface area contributed by atoms with E-state index in [4.69, 9.17) is 5.73 Å². The molecule has 0 radical (unpaired) electrons. The average Bonchev–Trinajstić information content (AvgIpc) is 2.87. The molecule has 0 aliphatic heterocycles. The third-order valence-corrected chi connectivity index (χ3v) is 2.90. The Labute approximate surface area is 116 Å². The summed E-state index contributed by atoms with van der Waals surface area (Å²) >= 11 is 0. The van der Waals surface area contributed by atoms with E-state index in [-0.39, 0.29) is 11.7 Å². The van der Waals surface area contributed by atoms with Crippen LogP contribution in [0.2, 0.25) is 0 Å². The number of hydrogen-bond donors (Lipinski definition) is 1. The molecule has 1 heterocycles. The number of aromatic nitrogens is 2. The van der Waals surface area contributed by atoms with Crippen molar-refractivity contribution >= 4 is 17.4 Å². The standard InChI is InChI=1S/C14H16N4O2/c1-9(19)11-8-10(4-5-12(11)15)18-7-6-13(16-18)14(20)17(2)3/h4-8H,15H2,1-3H3. The Morgan fingerprint density at radius 3 is 2.55 bits per heavy atom. The van der Waals surface area contributed by atoms with Gasteiger partial charge in [-0.1, -0.05) is 0 Å². The lowest BCUT2D eigenvalue weighted by Crippen LogP contribution is -2.22. The van der Waals surface area contributed by atoms with Crippen molar-refractivity contribution in [3.05, 3.63) is 41.7 Å². The molecule has 0 bridgehead atoms. The summed E-state index contributed by atoms with van der Waals surface area (Å²) in [6.07, 6.45) is 1.67. The fourth-order valence-corrected chi connectivity index (χ4v) is 1.80. The minimum Gasteiger partial charge on any atom is -0.398 e. The number of Topliss-reactive ketones (excluding diaryl/α,β-unsaturated/α-hetero) is 1. The van der Waals surface area contributed by atoms with Crippen LogP contribution in [-0.4, -0.2) is 40.5 Å². The van der Waals surface area contributed by atoms with Gasteiger partial charge in [-0.05, 0) is 31.2 Å². The molecule has 20 heavy (non-hydrogen) atoms. The summed E-state index contributed by atoms with van der Waals surface area (Å²) in [6.45, 7) is 1.46. The monoisotopic (exact) mass is 272 g/mol. The van der Waals surface area contributed by atoms with E-state index in [1.165, 1.54) is 11.8 Å². The number of amides is 1. The summed E-state index contributed by atoms with van der Waals surface area (Å²) in [7, 11) is 3.33. The van der Waals surface area contributed by atoms with Gasteiger partial charge in [-0.3, -0.25) is 9.59 Å². The zero-order valence-electron chi connectivity index (χ0n) is 11.6. The molecule has 2 rings (SSSR count). The molecule has 0 fully saturated rings. The largest absolute Gasteiger partial charge is 0.398 e. The highest BCUT2D eigenvalue weighted by atomic mass is 16.2. The summed E-state index contributed by atoms with van der Waals surface area (Å²) in [4.78, 5) is 24.7. The maximum Gasteiger partial charge on any atom is 0.273 e. The van der Waals surface area contributed by atoms with Crippen molar-refractivity contribution in [3.8, 4) is 5.69 Å². The fourth-order valence-electron chi connectivity index (χ4n) is 1.80. The number of rotatable bonds is 3. The van der Waals surface area contributed by atoms with Crippen LogP contribution in [0.3, 0.4) is 0 Å². The number of carbonyl (C=O) groups is 2. The zero-order chi connectivity index (χ0) is 14.9. The van der Waals surface area contributed by atoms with Gasteiger partial charge in [0.05, 0.1) is 5.69 Å². The lowest BCUT2D eigenvalue weighted by atomic mass is 10.1. The van der Waals surface area contributed by atoms with E-state index in [9.17, 15) is 9.59 Å². The maximum atomic E-state index is 11.8.